The van der Waals surface area contributed by atoms with Gasteiger partial charge < -0.3 is 15.7 Å². The zero-order valence-electron chi connectivity index (χ0n) is 11.9. The first-order chi connectivity index (χ1) is 10.1. The van der Waals surface area contributed by atoms with Gasteiger partial charge in [-0.3, -0.25) is 4.79 Å². The lowest BCUT2D eigenvalue weighted by molar-refractivity contribution is -0.144. The van der Waals surface area contributed by atoms with Crippen LogP contribution in [0.5, 0.6) is 0 Å². The Morgan fingerprint density at radius 3 is 2.81 bits per heavy atom. The molecule has 2 aliphatic rings. The molecule has 0 spiro atoms. The van der Waals surface area contributed by atoms with Crippen LogP contribution in [-0.2, 0) is 4.79 Å². The zero-order chi connectivity index (χ0) is 15.0. The third-order valence-electron chi connectivity index (χ3n) is 4.82. The van der Waals surface area contributed by atoms with E-state index >= 15 is 0 Å². The second-order valence-electron chi connectivity index (χ2n) is 6.08. The molecule has 3 N–H and O–H groups in total. The van der Waals surface area contributed by atoms with E-state index in [-0.39, 0.29) is 24.0 Å². The van der Waals surface area contributed by atoms with Gasteiger partial charge in [0.05, 0.1) is 12.0 Å². The Bertz CT molecular complexity index is 531. The van der Waals surface area contributed by atoms with Gasteiger partial charge in [-0.15, -0.1) is 11.3 Å². The van der Waals surface area contributed by atoms with Gasteiger partial charge in [0.15, 0.2) is 0 Å². The van der Waals surface area contributed by atoms with E-state index in [4.69, 9.17) is 0 Å². The van der Waals surface area contributed by atoms with Crippen molar-refractivity contribution in [3.63, 3.8) is 0 Å². The minimum Gasteiger partial charge on any atom is -0.481 e. The van der Waals surface area contributed by atoms with Crippen LogP contribution in [0.2, 0.25) is 0 Å². The Balaban J connectivity index is 1.60. The van der Waals surface area contributed by atoms with Crippen LogP contribution < -0.4 is 10.6 Å². The molecule has 21 heavy (non-hydrogen) atoms. The minimum atomic E-state index is -0.779. The summed E-state index contributed by atoms with van der Waals surface area (Å²) in [6, 6.07) is 3.38. The summed E-state index contributed by atoms with van der Waals surface area (Å²) in [7, 11) is 0. The Labute approximate surface area is 127 Å². The van der Waals surface area contributed by atoms with Gasteiger partial charge in [0.1, 0.15) is 0 Å². The molecule has 1 heterocycles. The summed E-state index contributed by atoms with van der Waals surface area (Å²) in [4.78, 5) is 24.7. The molecule has 6 heteroatoms. The number of hydrogen-bond donors (Lipinski definition) is 3. The molecule has 1 aromatic rings. The number of hydrogen-bond acceptors (Lipinski definition) is 3. The molecule has 0 aromatic carbocycles. The van der Waals surface area contributed by atoms with Crippen molar-refractivity contribution in [1.82, 2.24) is 10.6 Å². The lowest BCUT2D eigenvalue weighted by Crippen LogP contribution is -2.50. The van der Waals surface area contributed by atoms with Crippen molar-refractivity contribution in [3.8, 4) is 0 Å². The van der Waals surface area contributed by atoms with Gasteiger partial charge in [0.2, 0.25) is 0 Å². The highest BCUT2D eigenvalue weighted by molar-refractivity contribution is 7.10. The number of nitrogens with one attached hydrogen (secondary N) is 2. The molecule has 0 saturated heterocycles. The van der Waals surface area contributed by atoms with E-state index < -0.39 is 11.9 Å². The molecule has 5 nitrogen and oxygen atoms in total. The molecule has 114 valence electrons. The summed E-state index contributed by atoms with van der Waals surface area (Å²) in [5, 5.41) is 17.2. The van der Waals surface area contributed by atoms with Crippen LogP contribution in [0.15, 0.2) is 17.5 Å². The average molecular weight is 308 g/mol. The molecule has 2 saturated carbocycles. The molecule has 3 rings (SSSR count). The first-order valence-electron chi connectivity index (χ1n) is 7.39. The van der Waals surface area contributed by atoms with E-state index in [1.54, 1.807) is 11.3 Å². The predicted octanol–water partition coefficient (Wildman–Crippen LogP) is 2.61. The first kappa shape index (κ1) is 14.4. The van der Waals surface area contributed by atoms with Crippen LogP contribution in [0.4, 0.5) is 4.79 Å². The number of amides is 2. The van der Waals surface area contributed by atoms with E-state index in [2.05, 4.69) is 10.6 Å². The number of urea groups is 1. The number of carbonyl (C=O) groups excluding carboxylic acids is 1. The molecular formula is C15H20N2O3S. The van der Waals surface area contributed by atoms with E-state index in [9.17, 15) is 14.7 Å². The summed E-state index contributed by atoms with van der Waals surface area (Å²) >= 11 is 1.60. The van der Waals surface area contributed by atoms with Gasteiger partial charge in [-0.05, 0) is 49.5 Å². The molecule has 2 bridgehead atoms. The van der Waals surface area contributed by atoms with E-state index in [1.165, 1.54) is 0 Å². The molecule has 0 radical (unpaired) electrons. The van der Waals surface area contributed by atoms with Gasteiger partial charge in [0.25, 0.3) is 0 Å². The summed E-state index contributed by atoms with van der Waals surface area (Å²) in [5.74, 6) is -0.656. The Kier molecular flexibility index (Phi) is 3.89. The van der Waals surface area contributed by atoms with Crippen molar-refractivity contribution in [3.05, 3.63) is 22.4 Å². The lowest BCUT2D eigenvalue weighted by atomic mass is 9.84. The maximum atomic E-state index is 12.1. The van der Waals surface area contributed by atoms with Gasteiger partial charge in [-0.2, -0.15) is 0 Å². The average Bonchev–Trinajstić information content (AvgIpc) is 3.15. The smallest absolute Gasteiger partial charge is 0.315 e. The van der Waals surface area contributed by atoms with E-state index in [0.29, 0.717) is 5.92 Å². The fourth-order valence-electron chi connectivity index (χ4n) is 3.85. The Morgan fingerprint density at radius 1 is 1.38 bits per heavy atom. The third kappa shape index (κ3) is 2.77. The van der Waals surface area contributed by atoms with Gasteiger partial charge in [0, 0.05) is 10.9 Å². The van der Waals surface area contributed by atoms with Crippen LogP contribution >= 0.6 is 11.3 Å². The van der Waals surface area contributed by atoms with Crippen molar-refractivity contribution in [2.75, 3.05) is 0 Å². The highest BCUT2D eigenvalue weighted by Crippen LogP contribution is 2.48. The largest absolute Gasteiger partial charge is 0.481 e. The van der Waals surface area contributed by atoms with Gasteiger partial charge >= 0.3 is 12.0 Å². The zero-order valence-corrected chi connectivity index (χ0v) is 12.7. The summed E-state index contributed by atoms with van der Waals surface area (Å²) < 4.78 is 0. The summed E-state index contributed by atoms with van der Waals surface area (Å²) in [6.45, 7) is 1.93. The van der Waals surface area contributed by atoms with Crippen molar-refractivity contribution in [2.24, 2.45) is 17.8 Å². The summed E-state index contributed by atoms with van der Waals surface area (Å²) in [6.07, 6.45) is 2.94. The Hall–Kier alpha value is -1.56. The van der Waals surface area contributed by atoms with Crippen molar-refractivity contribution in [2.45, 2.75) is 38.3 Å². The number of carboxylic acids is 1. The fraction of sp³-hybridized carbons (Fsp3) is 0.600. The maximum absolute atomic E-state index is 12.1. The number of thiophene rings is 1. The molecule has 0 aliphatic heterocycles. The van der Waals surface area contributed by atoms with E-state index in [1.807, 2.05) is 24.4 Å². The van der Waals surface area contributed by atoms with Gasteiger partial charge in [-0.1, -0.05) is 6.07 Å². The molecule has 2 aliphatic carbocycles. The second-order valence-corrected chi connectivity index (χ2v) is 7.06. The number of carboxylic acid groups (broad SMARTS) is 1. The number of carbonyl (C=O) groups is 2. The van der Waals surface area contributed by atoms with Crippen molar-refractivity contribution >= 4 is 23.3 Å². The minimum absolute atomic E-state index is 0.0631. The number of fused-ring (bicyclic) bond motifs is 2. The van der Waals surface area contributed by atoms with Gasteiger partial charge in [-0.25, -0.2) is 4.79 Å². The predicted molar refractivity (Wildman–Crippen MR) is 80.1 cm³/mol. The van der Waals surface area contributed by atoms with Crippen LogP contribution in [0, 0.1) is 17.8 Å². The highest BCUT2D eigenvalue weighted by atomic mass is 32.1. The fourth-order valence-corrected chi connectivity index (χ4v) is 4.59. The summed E-state index contributed by atoms with van der Waals surface area (Å²) in [5.41, 5.74) is 0. The van der Waals surface area contributed by atoms with Crippen LogP contribution in [0.3, 0.4) is 0 Å². The number of rotatable bonds is 4. The van der Waals surface area contributed by atoms with Crippen LogP contribution in [0.25, 0.3) is 0 Å². The van der Waals surface area contributed by atoms with E-state index in [0.717, 1.165) is 24.1 Å². The SMILES string of the molecule is CC(NC(=O)NC1C2CCC(C2)C1C(=O)O)c1cccs1. The first-order valence-corrected chi connectivity index (χ1v) is 8.27. The van der Waals surface area contributed by atoms with Crippen LogP contribution in [-0.4, -0.2) is 23.1 Å². The Morgan fingerprint density at radius 2 is 2.14 bits per heavy atom. The molecule has 1 aromatic heterocycles. The standard InChI is InChI=1S/C15H20N2O3S/c1-8(11-3-2-6-21-11)16-15(20)17-13-10-5-4-9(7-10)12(13)14(18)19/h2-3,6,8-10,12-13H,4-5,7H2,1H3,(H,18,19)(H2,16,17,20). The molecule has 5 unspecified atom stereocenters. The third-order valence-corrected chi connectivity index (χ3v) is 5.87. The number of aliphatic carboxylic acids is 1. The molecule has 2 fully saturated rings. The normalized spacial score (nSPS) is 31.9. The molecule has 5 atom stereocenters. The second kappa shape index (κ2) is 5.67. The lowest BCUT2D eigenvalue weighted by Gasteiger charge is -2.29. The molecule has 2 amide bonds. The topological polar surface area (TPSA) is 78.4 Å². The van der Waals surface area contributed by atoms with Crippen molar-refractivity contribution < 1.29 is 14.7 Å². The van der Waals surface area contributed by atoms with Crippen molar-refractivity contribution in [1.29, 1.82) is 0 Å². The van der Waals surface area contributed by atoms with Crippen LogP contribution in [0.1, 0.15) is 37.1 Å². The monoisotopic (exact) mass is 308 g/mol. The molecular weight excluding hydrogens is 288 g/mol. The highest BCUT2D eigenvalue weighted by Gasteiger charge is 2.51. The quantitative estimate of drug-likeness (QED) is 0.800. The maximum Gasteiger partial charge on any atom is 0.315 e.